The Morgan fingerprint density at radius 3 is 3.07 bits per heavy atom. The number of carbonyl (C=O) groups excluding carboxylic acids is 1. The van der Waals surface area contributed by atoms with E-state index in [9.17, 15) is 4.79 Å². The third-order valence-electron chi connectivity index (χ3n) is 2.69. The lowest BCUT2D eigenvalue weighted by Crippen LogP contribution is -2.34. The number of nitrogens with two attached hydrogens (primary N) is 1. The van der Waals surface area contributed by atoms with Crippen LogP contribution < -0.4 is 11.1 Å². The van der Waals surface area contributed by atoms with Crippen molar-refractivity contribution >= 4 is 5.91 Å². The van der Waals surface area contributed by atoms with Crippen molar-refractivity contribution in [3.63, 3.8) is 0 Å². The van der Waals surface area contributed by atoms with Gasteiger partial charge < -0.3 is 11.1 Å². The fourth-order valence-corrected chi connectivity index (χ4v) is 1.94. The summed E-state index contributed by atoms with van der Waals surface area (Å²) in [6.45, 7) is 2.88. The Labute approximate surface area is 83.3 Å². The van der Waals surface area contributed by atoms with E-state index in [1.807, 2.05) is 6.07 Å². The lowest BCUT2D eigenvalue weighted by Gasteiger charge is -2.24. The summed E-state index contributed by atoms with van der Waals surface area (Å²) in [5.41, 5.74) is 8.27. The maximum atomic E-state index is 11.1. The molecule has 1 atom stereocenters. The third kappa shape index (κ3) is 1.51. The first-order valence-electron chi connectivity index (χ1n) is 4.82. The van der Waals surface area contributed by atoms with Crippen molar-refractivity contribution < 1.29 is 4.79 Å². The zero-order valence-corrected chi connectivity index (χ0v) is 8.21. The minimum Gasteiger partial charge on any atom is -0.366 e. The molecule has 0 spiro atoms. The molecular formula is C11H14N2O. The number of fused-ring (bicyclic) bond motifs is 1. The molecule has 3 heteroatoms. The molecule has 74 valence electrons. The Bertz CT molecular complexity index is 374. The molecule has 0 bridgehead atoms. The van der Waals surface area contributed by atoms with Gasteiger partial charge in [0.2, 0.25) is 5.91 Å². The first kappa shape index (κ1) is 9.21. The molecule has 0 aliphatic carbocycles. The Balaban J connectivity index is 2.46. The van der Waals surface area contributed by atoms with Gasteiger partial charge in [-0.25, -0.2) is 0 Å². The Hall–Kier alpha value is -1.35. The van der Waals surface area contributed by atoms with Crippen LogP contribution in [0.2, 0.25) is 0 Å². The zero-order chi connectivity index (χ0) is 10.1. The van der Waals surface area contributed by atoms with Crippen molar-refractivity contribution in [2.75, 3.05) is 0 Å². The summed E-state index contributed by atoms with van der Waals surface area (Å²) >= 11 is 0. The van der Waals surface area contributed by atoms with Crippen molar-refractivity contribution in [2.45, 2.75) is 25.9 Å². The van der Waals surface area contributed by atoms with Crippen molar-refractivity contribution in [2.24, 2.45) is 5.73 Å². The molecule has 14 heavy (non-hydrogen) atoms. The van der Waals surface area contributed by atoms with Crippen molar-refractivity contribution in [3.05, 3.63) is 34.9 Å². The fourth-order valence-electron chi connectivity index (χ4n) is 1.94. The molecular weight excluding hydrogens is 176 g/mol. The molecule has 0 aromatic heterocycles. The molecule has 0 saturated carbocycles. The van der Waals surface area contributed by atoms with Crippen LogP contribution in [0, 0.1) is 0 Å². The average Bonchev–Trinajstić information content (AvgIpc) is 2.16. The molecule has 1 heterocycles. The molecule has 1 aromatic carbocycles. The molecule has 0 radical (unpaired) electrons. The van der Waals surface area contributed by atoms with E-state index >= 15 is 0 Å². The van der Waals surface area contributed by atoms with Gasteiger partial charge in [0.15, 0.2) is 0 Å². The van der Waals surface area contributed by atoms with E-state index in [0.717, 1.165) is 18.5 Å². The van der Waals surface area contributed by atoms with Crippen LogP contribution in [0.25, 0.3) is 0 Å². The van der Waals surface area contributed by atoms with E-state index in [1.54, 1.807) is 6.07 Å². The summed E-state index contributed by atoms with van der Waals surface area (Å²) in [6, 6.07) is 6.24. The Kier molecular flexibility index (Phi) is 2.25. The number of carbonyl (C=O) groups is 1. The number of primary amides is 1. The van der Waals surface area contributed by atoms with Gasteiger partial charge in [0.1, 0.15) is 0 Å². The molecule has 1 aliphatic rings. The molecule has 1 unspecified atom stereocenters. The molecule has 3 nitrogen and oxygen atoms in total. The van der Waals surface area contributed by atoms with Gasteiger partial charge in [-0.05, 0) is 30.5 Å². The van der Waals surface area contributed by atoms with Crippen molar-refractivity contribution in [1.29, 1.82) is 0 Å². The highest BCUT2D eigenvalue weighted by atomic mass is 16.1. The van der Waals surface area contributed by atoms with Gasteiger partial charge in [0.25, 0.3) is 0 Å². The molecule has 3 N–H and O–H groups in total. The number of rotatable bonds is 1. The van der Waals surface area contributed by atoms with Gasteiger partial charge in [-0.1, -0.05) is 12.1 Å². The third-order valence-corrected chi connectivity index (χ3v) is 2.69. The summed E-state index contributed by atoms with van der Waals surface area (Å²) in [5.74, 6) is -0.335. The van der Waals surface area contributed by atoms with Crippen LogP contribution in [0.1, 0.15) is 28.4 Å². The SMILES string of the molecule is CC1Cc2cccc(C(N)=O)c2CN1. The smallest absolute Gasteiger partial charge is 0.249 e. The van der Waals surface area contributed by atoms with Gasteiger partial charge in [-0.15, -0.1) is 0 Å². The van der Waals surface area contributed by atoms with E-state index in [1.165, 1.54) is 5.56 Å². The Morgan fingerprint density at radius 2 is 2.36 bits per heavy atom. The first-order chi connectivity index (χ1) is 6.68. The summed E-state index contributed by atoms with van der Waals surface area (Å²) in [5, 5.41) is 3.33. The molecule has 1 amide bonds. The van der Waals surface area contributed by atoms with Gasteiger partial charge in [-0.2, -0.15) is 0 Å². The summed E-state index contributed by atoms with van der Waals surface area (Å²) in [6.07, 6.45) is 0.969. The van der Waals surface area contributed by atoms with Crippen LogP contribution in [0.4, 0.5) is 0 Å². The highest BCUT2D eigenvalue weighted by Crippen LogP contribution is 2.20. The standard InChI is InChI=1S/C11H14N2O/c1-7-5-8-3-2-4-9(11(12)14)10(8)6-13-7/h2-4,7,13H,5-6H2,1H3,(H2,12,14). The fraction of sp³-hybridized carbons (Fsp3) is 0.364. The molecule has 1 aliphatic heterocycles. The van der Waals surface area contributed by atoms with E-state index in [-0.39, 0.29) is 5.91 Å². The molecule has 1 aromatic rings. The van der Waals surface area contributed by atoms with E-state index in [4.69, 9.17) is 5.73 Å². The van der Waals surface area contributed by atoms with Crippen LogP contribution >= 0.6 is 0 Å². The van der Waals surface area contributed by atoms with Crippen LogP contribution in [-0.4, -0.2) is 11.9 Å². The highest BCUT2D eigenvalue weighted by molar-refractivity contribution is 5.94. The van der Waals surface area contributed by atoms with E-state index in [2.05, 4.69) is 18.3 Å². The topological polar surface area (TPSA) is 55.1 Å². The zero-order valence-electron chi connectivity index (χ0n) is 8.21. The van der Waals surface area contributed by atoms with Crippen LogP contribution in [-0.2, 0) is 13.0 Å². The second-order valence-electron chi connectivity index (χ2n) is 3.79. The number of hydrogen-bond donors (Lipinski definition) is 2. The monoisotopic (exact) mass is 190 g/mol. The largest absolute Gasteiger partial charge is 0.366 e. The van der Waals surface area contributed by atoms with Gasteiger partial charge >= 0.3 is 0 Å². The van der Waals surface area contributed by atoms with E-state index in [0.29, 0.717) is 11.6 Å². The predicted molar refractivity (Wildman–Crippen MR) is 55.0 cm³/mol. The van der Waals surface area contributed by atoms with Crippen LogP contribution in [0.5, 0.6) is 0 Å². The molecule has 2 rings (SSSR count). The average molecular weight is 190 g/mol. The second-order valence-corrected chi connectivity index (χ2v) is 3.79. The normalized spacial score (nSPS) is 20.2. The van der Waals surface area contributed by atoms with Crippen LogP contribution in [0.15, 0.2) is 18.2 Å². The minimum absolute atomic E-state index is 0.335. The molecule has 0 fully saturated rings. The lowest BCUT2D eigenvalue weighted by molar-refractivity contribution is 0.0999. The van der Waals surface area contributed by atoms with Gasteiger partial charge in [0.05, 0.1) is 0 Å². The first-order valence-corrected chi connectivity index (χ1v) is 4.82. The summed E-state index contributed by atoms with van der Waals surface area (Å²) in [7, 11) is 0. The van der Waals surface area contributed by atoms with Gasteiger partial charge in [-0.3, -0.25) is 4.79 Å². The van der Waals surface area contributed by atoms with Crippen molar-refractivity contribution in [3.8, 4) is 0 Å². The number of nitrogens with one attached hydrogen (secondary N) is 1. The summed E-state index contributed by atoms with van der Waals surface area (Å²) in [4.78, 5) is 11.1. The Morgan fingerprint density at radius 1 is 1.57 bits per heavy atom. The van der Waals surface area contributed by atoms with E-state index < -0.39 is 0 Å². The van der Waals surface area contributed by atoms with Crippen molar-refractivity contribution in [1.82, 2.24) is 5.32 Å². The van der Waals surface area contributed by atoms with Crippen LogP contribution in [0.3, 0.4) is 0 Å². The predicted octanol–water partition coefficient (Wildman–Crippen LogP) is 0.820. The second kappa shape index (κ2) is 3.42. The maximum Gasteiger partial charge on any atom is 0.249 e. The maximum absolute atomic E-state index is 11.1. The quantitative estimate of drug-likeness (QED) is 0.688. The number of benzene rings is 1. The van der Waals surface area contributed by atoms with Gasteiger partial charge in [0, 0.05) is 18.2 Å². The highest BCUT2D eigenvalue weighted by Gasteiger charge is 2.18. The minimum atomic E-state index is -0.335. The molecule has 0 saturated heterocycles. The summed E-state index contributed by atoms with van der Waals surface area (Å²) < 4.78 is 0. The number of amides is 1. The lowest BCUT2D eigenvalue weighted by atomic mass is 9.92. The number of hydrogen-bond acceptors (Lipinski definition) is 2.